The molecule has 0 aliphatic carbocycles. The topological polar surface area (TPSA) is 69.6 Å². The molecule has 0 saturated heterocycles. The van der Waals surface area contributed by atoms with Gasteiger partial charge in [-0.3, -0.25) is 9.59 Å². The van der Waals surface area contributed by atoms with Crippen LogP contribution in [0.25, 0.3) is 0 Å². The molecular formula is C20H24N2O3. The number of carbonyl (C=O) groups is 2. The molecule has 2 amide bonds. The van der Waals surface area contributed by atoms with E-state index in [9.17, 15) is 14.7 Å². The highest BCUT2D eigenvalue weighted by Gasteiger charge is 2.21. The largest absolute Gasteiger partial charge is 0.396 e. The van der Waals surface area contributed by atoms with Gasteiger partial charge in [0.1, 0.15) is 0 Å². The first-order valence-corrected chi connectivity index (χ1v) is 8.34. The second-order valence-electron chi connectivity index (χ2n) is 6.04. The van der Waals surface area contributed by atoms with Crippen molar-refractivity contribution in [2.45, 2.75) is 32.9 Å². The molecule has 0 fully saturated rings. The molecule has 0 aliphatic heterocycles. The zero-order valence-electron chi connectivity index (χ0n) is 14.6. The monoisotopic (exact) mass is 340 g/mol. The average molecular weight is 340 g/mol. The van der Waals surface area contributed by atoms with Gasteiger partial charge in [-0.2, -0.15) is 0 Å². The Hall–Kier alpha value is -2.66. The van der Waals surface area contributed by atoms with E-state index >= 15 is 0 Å². The van der Waals surface area contributed by atoms with Crippen LogP contribution in [0.5, 0.6) is 0 Å². The molecule has 0 saturated carbocycles. The van der Waals surface area contributed by atoms with Crippen LogP contribution in [0.3, 0.4) is 0 Å². The van der Waals surface area contributed by atoms with Gasteiger partial charge in [0.05, 0.1) is 0 Å². The molecule has 25 heavy (non-hydrogen) atoms. The number of benzene rings is 2. The van der Waals surface area contributed by atoms with Gasteiger partial charge in [-0.05, 0) is 43.2 Å². The molecular weight excluding hydrogens is 316 g/mol. The molecule has 5 heteroatoms. The van der Waals surface area contributed by atoms with Crippen molar-refractivity contribution in [3.05, 3.63) is 65.7 Å². The molecule has 0 aliphatic rings. The molecule has 1 unspecified atom stereocenters. The molecule has 5 nitrogen and oxygen atoms in total. The minimum Gasteiger partial charge on any atom is -0.396 e. The van der Waals surface area contributed by atoms with Gasteiger partial charge in [0.15, 0.2) is 0 Å². The second-order valence-corrected chi connectivity index (χ2v) is 6.04. The normalized spacial score (nSPS) is 11.6. The van der Waals surface area contributed by atoms with E-state index in [0.717, 1.165) is 5.56 Å². The van der Waals surface area contributed by atoms with E-state index in [-0.39, 0.29) is 24.5 Å². The first-order chi connectivity index (χ1) is 12.0. The zero-order valence-corrected chi connectivity index (χ0v) is 14.6. The van der Waals surface area contributed by atoms with Crippen molar-refractivity contribution >= 4 is 17.5 Å². The van der Waals surface area contributed by atoms with Crippen LogP contribution in [0.15, 0.2) is 54.6 Å². The minimum absolute atomic E-state index is 0.0290. The Bertz CT molecular complexity index is 699. The summed E-state index contributed by atoms with van der Waals surface area (Å²) in [5.41, 5.74) is 2.24. The fourth-order valence-corrected chi connectivity index (χ4v) is 2.62. The van der Waals surface area contributed by atoms with Crippen LogP contribution in [-0.4, -0.2) is 34.5 Å². The number of nitrogens with zero attached hydrogens (tertiary/aromatic N) is 1. The first kappa shape index (κ1) is 18.7. The molecule has 0 radical (unpaired) electrons. The lowest BCUT2D eigenvalue weighted by molar-refractivity contribution is -0.114. The quantitative estimate of drug-likeness (QED) is 0.814. The number of aliphatic hydroxyl groups is 1. The lowest BCUT2D eigenvalue weighted by atomic mass is 10.1. The highest BCUT2D eigenvalue weighted by molar-refractivity contribution is 5.95. The number of nitrogens with one attached hydrogen (secondary N) is 1. The van der Waals surface area contributed by atoms with Gasteiger partial charge < -0.3 is 15.3 Å². The van der Waals surface area contributed by atoms with E-state index in [0.29, 0.717) is 24.2 Å². The highest BCUT2D eigenvalue weighted by Crippen LogP contribution is 2.17. The molecule has 2 rings (SSSR count). The Morgan fingerprint density at radius 2 is 1.72 bits per heavy atom. The third-order valence-electron chi connectivity index (χ3n) is 3.99. The van der Waals surface area contributed by atoms with Crippen molar-refractivity contribution in [3.8, 4) is 0 Å². The smallest absolute Gasteiger partial charge is 0.254 e. The molecule has 0 bridgehead atoms. The van der Waals surface area contributed by atoms with Crippen molar-refractivity contribution < 1.29 is 14.7 Å². The number of aliphatic hydroxyl groups excluding tert-OH is 1. The third-order valence-corrected chi connectivity index (χ3v) is 3.99. The van der Waals surface area contributed by atoms with Crippen LogP contribution in [0.4, 0.5) is 5.69 Å². The summed E-state index contributed by atoms with van der Waals surface area (Å²) in [6.07, 6.45) is 0.516. The standard InChI is InChI=1S/C20H24N2O3/c1-15(12-13-23)22(14-17-6-4-3-5-7-17)20(25)18-8-10-19(11-9-18)21-16(2)24/h3-11,15,23H,12-14H2,1-2H3,(H,21,24). The van der Waals surface area contributed by atoms with Crippen LogP contribution in [-0.2, 0) is 11.3 Å². The van der Waals surface area contributed by atoms with Gasteiger partial charge in [0.2, 0.25) is 5.91 Å². The minimum atomic E-state index is -0.152. The van der Waals surface area contributed by atoms with Gasteiger partial charge >= 0.3 is 0 Å². The maximum absolute atomic E-state index is 13.0. The van der Waals surface area contributed by atoms with Crippen LogP contribution in [0.2, 0.25) is 0 Å². The summed E-state index contributed by atoms with van der Waals surface area (Å²) in [6.45, 7) is 3.88. The summed E-state index contributed by atoms with van der Waals surface area (Å²) >= 11 is 0. The van der Waals surface area contributed by atoms with E-state index in [1.54, 1.807) is 29.2 Å². The van der Waals surface area contributed by atoms with Crippen molar-refractivity contribution in [2.75, 3.05) is 11.9 Å². The zero-order chi connectivity index (χ0) is 18.2. The summed E-state index contributed by atoms with van der Waals surface area (Å²) in [4.78, 5) is 25.8. The van der Waals surface area contributed by atoms with Gasteiger partial charge in [-0.15, -0.1) is 0 Å². The van der Waals surface area contributed by atoms with E-state index in [4.69, 9.17) is 0 Å². The number of rotatable bonds is 7. The van der Waals surface area contributed by atoms with Crippen molar-refractivity contribution in [1.29, 1.82) is 0 Å². The van der Waals surface area contributed by atoms with Gasteiger partial charge in [-0.25, -0.2) is 0 Å². The lowest BCUT2D eigenvalue weighted by Crippen LogP contribution is -2.38. The SMILES string of the molecule is CC(=O)Nc1ccc(C(=O)N(Cc2ccccc2)C(C)CCO)cc1. The molecule has 0 heterocycles. The fourth-order valence-electron chi connectivity index (χ4n) is 2.62. The summed E-state index contributed by atoms with van der Waals surface area (Å²) in [7, 11) is 0. The Morgan fingerprint density at radius 3 is 2.28 bits per heavy atom. The van der Waals surface area contributed by atoms with E-state index < -0.39 is 0 Å². The average Bonchev–Trinajstić information content (AvgIpc) is 2.60. The number of anilines is 1. The molecule has 0 aromatic heterocycles. The maximum atomic E-state index is 13.0. The number of hydrogen-bond donors (Lipinski definition) is 2. The summed E-state index contributed by atoms with van der Waals surface area (Å²) < 4.78 is 0. The van der Waals surface area contributed by atoms with Crippen LogP contribution in [0.1, 0.15) is 36.2 Å². The first-order valence-electron chi connectivity index (χ1n) is 8.34. The fraction of sp³-hybridized carbons (Fsp3) is 0.300. The number of hydrogen-bond acceptors (Lipinski definition) is 3. The van der Waals surface area contributed by atoms with Crippen LogP contribution in [0, 0.1) is 0 Å². The maximum Gasteiger partial charge on any atom is 0.254 e. The van der Waals surface area contributed by atoms with Crippen molar-refractivity contribution in [3.63, 3.8) is 0 Å². The Kier molecular flexibility index (Phi) is 6.71. The Morgan fingerprint density at radius 1 is 1.08 bits per heavy atom. The second kappa shape index (κ2) is 8.99. The Labute approximate surface area is 148 Å². The predicted molar refractivity (Wildman–Crippen MR) is 98.2 cm³/mol. The highest BCUT2D eigenvalue weighted by atomic mass is 16.3. The van der Waals surface area contributed by atoms with Crippen LogP contribution < -0.4 is 5.32 Å². The van der Waals surface area contributed by atoms with Gasteiger partial charge in [0, 0.05) is 37.4 Å². The number of amides is 2. The molecule has 2 aromatic rings. The van der Waals surface area contributed by atoms with Crippen molar-refractivity contribution in [2.24, 2.45) is 0 Å². The molecule has 2 aromatic carbocycles. The summed E-state index contributed by atoms with van der Waals surface area (Å²) in [5.74, 6) is -0.250. The molecule has 132 valence electrons. The van der Waals surface area contributed by atoms with Crippen molar-refractivity contribution in [1.82, 2.24) is 4.90 Å². The summed E-state index contributed by atoms with van der Waals surface area (Å²) in [6, 6.07) is 16.5. The van der Waals surface area contributed by atoms with E-state index in [1.165, 1.54) is 6.92 Å². The molecule has 2 N–H and O–H groups in total. The predicted octanol–water partition coefficient (Wildman–Crippen LogP) is 3.06. The number of carbonyl (C=O) groups excluding carboxylic acids is 2. The van der Waals surface area contributed by atoms with E-state index in [1.807, 2.05) is 37.3 Å². The van der Waals surface area contributed by atoms with Gasteiger partial charge in [-0.1, -0.05) is 30.3 Å². The molecule has 0 spiro atoms. The summed E-state index contributed by atoms with van der Waals surface area (Å²) in [5, 5.41) is 11.9. The Balaban J connectivity index is 2.20. The van der Waals surface area contributed by atoms with Gasteiger partial charge in [0.25, 0.3) is 5.91 Å². The lowest BCUT2D eigenvalue weighted by Gasteiger charge is -2.29. The van der Waals surface area contributed by atoms with E-state index in [2.05, 4.69) is 5.32 Å². The molecule has 1 atom stereocenters. The third kappa shape index (κ3) is 5.43. The van der Waals surface area contributed by atoms with Crippen LogP contribution >= 0.6 is 0 Å².